The summed E-state index contributed by atoms with van der Waals surface area (Å²) in [4.78, 5) is 5.16. The van der Waals surface area contributed by atoms with Gasteiger partial charge >= 0.3 is 0 Å². The van der Waals surface area contributed by atoms with E-state index in [2.05, 4.69) is 21.7 Å². The van der Waals surface area contributed by atoms with Crippen LogP contribution in [-0.2, 0) is 6.42 Å². The third kappa shape index (κ3) is 4.99. The molecule has 0 radical (unpaired) electrons. The van der Waals surface area contributed by atoms with Crippen LogP contribution in [0, 0.1) is 0 Å². The zero-order valence-corrected chi connectivity index (χ0v) is 14.7. The second-order valence-corrected chi connectivity index (χ2v) is 7.18. The molecule has 0 amide bonds. The number of benzene rings is 1. The van der Waals surface area contributed by atoms with Gasteiger partial charge in [-0.15, -0.1) is 0 Å². The van der Waals surface area contributed by atoms with Gasteiger partial charge < -0.3 is 15.7 Å². The summed E-state index contributed by atoms with van der Waals surface area (Å²) in [6.07, 6.45) is 9.34. The lowest BCUT2D eigenvalue weighted by Gasteiger charge is -2.12. The molecule has 1 aromatic carbocycles. The standard InChI is InChI=1S/C19H25N3OS/c23-18-17(12-14-20-16-9-5-2-6-10-16)24-19(22-18)21-13-11-15-7-3-1-4-8-15/h2,5-7,9-10,20,23H,1,3-4,8,11-14H2,(H,21,22). The topological polar surface area (TPSA) is 57.2 Å². The third-order valence-corrected chi connectivity index (χ3v) is 5.30. The lowest BCUT2D eigenvalue weighted by molar-refractivity contribution is 0.452. The van der Waals surface area contributed by atoms with Crippen molar-refractivity contribution in [3.63, 3.8) is 0 Å². The number of para-hydroxylation sites is 1. The second-order valence-electron chi connectivity index (χ2n) is 6.09. The molecule has 0 saturated carbocycles. The van der Waals surface area contributed by atoms with E-state index < -0.39 is 0 Å². The smallest absolute Gasteiger partial charge is 0.227 e. The van der Waals surface area contributed by atoms with E-state index >= 15 is 0 Å². The first-order chi connectivity index (χ1) is 11.8. The van der Waals surface area contributed by atoms with Crippen molar-refractivity contribution >= 4 is 22.2 Å². The Labute approximate surface area is 147 Å². The minimum absolute atomic E-state index is 0.161. The summed E-state index contributed by atoms with van der Waals surface area (Å²) in [5, 5.41) is 17.5. The molecule has 0 bridgehead atoms. The fraction of sp³-hybridized carbons (Fsp3) is 0.421. The number of anilines is 2. The zero-order valence-electron chi connectivity index (χ0n) is 13.9. The summed E-state index contributed by atoms with van der Waals surface area (Å²) in [6, 6.07) is 10.1. The summed E-state index contributed by atoms with van der Waals surface area (Å²) in [5.74, 6) is 0.161. The van der Waals surface area contributed by atoms with Gasteiger partial charge in [-0.3, -0.25) is 0 Å². The number of hydrogen-bond acceptors (Lipinski definition) is 5. The van der Waals surface area contributed by atoms with E-state index in [4.69, 9.17) is 0 Å². The molecule has 1 aliphatic carbocycles. The Morgan fingerprint density at radius 3 is 2.67 bits per heavy atom. The van der Waals surface area contributed by atoms with Crippen molar-refractivity contribution < 1.29 is 5.11 Å². The maximum absolute atomic E-state index is 10.00. The number of aromatic hydroxyl groups is 1. The summed E-state index contributed by atoms with van der Waals surface area (Å²) in [6.45, 7) is 1.67. The molecule has 3 rings (SSSR count). The lowest BCUT2D eigenvalue weighted by atomic mass is 9.97. The monoisotopic (exact) mass is 343 g/mol. The van der Waals surface area contributed by atoms with Crippen molar-refractivity contribution in [2.45, 2.75) is 38.5 Å². The average Bonchev–Trinajstić information content (AvgIpc) is 2.97. The first-order valence-electron chi connectivity index (χ1n) is 8.70. The van der Waals surface area contributed by atoms with E-state index in [-0.39, 0.29) is 5.88 Å². The molecular weight excluding hydrogens is 318 g/mol. The Balaban J connectivity index is 1.43. The molecular formula is C19H25N3OS. The summed E-state index contributed by atoms with van der Waals surface area (Å²) >= 11 is 1.55. The van der Waals surface area contributed by atoms with Gasteiger partial charge in [-0.1, -0.05) is 41.2 Å². The lowest BCUT2D eigenvalue weighted by Crippen LogP contribution is -2.04. The molecule has 5 heteroatoms. The molecule has 4 nitrogen and oxygen atoms in total. The fourth-order valence-corrected chi connectivity index (χ4v) is 3.80. The number of nitrogens with one attached hydrogen (secondary N) is 2. The van der Waals surface area contributed by atoms with Crippen molar-refractivity contribution in [3.8, 4) is 5.88 Å². The van der Waals surface area contributed by atoms with Crippen molar-refractivity contribution in [1.82, 2.24) is 4.98 Å². The summed E-state index contributed by atoms with van der Waals surface area (Å²) in [5.41, 5.74) is 2.66. The van der Waals surface area contributed by atoms with Crippen LogP contribution < -0.4 is 10.6 Å². The molecule has 0 spiro atoms. The van der Waals surface area contributed by atoms with E-state index in [1.807, 2.05) is 30.3 Å². The Bertz CT molecular complexity index is 667. The van der Waals surface area contributed by atoms with Gasteiger partial charge in [-0.25, -0.2) is 0 Å². The van der Waals surface area contributed by atoms with Crippen molar-refractivity contribution in [2.75, 3.05) is 23.7 Å². The third-order valence-electron chi connectivity index (χ3n) is 4.24. The molecule has 1 aromatic heterocycles. The van der Waals surface area contributed by atoms with E-state index in [1.165, 1.54) is 25.7 Å². The van der Waals surface area contributed by atoms with Gasteiger partial charge in [0.1, 0.15) is 0 Å². The summed E-state index contributed by atoms with van der Waals surface area (Å²) in [7, 11) is 0. The van der Waals surface area contributed by atoms with Gasteiger partial charge in [0.25, 0.3) is 0 Å². The van der Waals surface area contributed by atoms with Gasteiger partial charge in [-0.05, 0) is 44.2 Å². The Hall–Kier alpha value is -2.01. The van der Waals surface area contributed by atoms with E-state index in [1.54, 1.807) is 16.9 Å². The van der Waals surface area contributed by atoms with Gasteiger partial charge in [0, 0.05) is 25.2 Å². The van der Waals surface area contributed by atoms with Crippen LogP contribution >= 0.6 is 11.3 Å². The predicted molar refractivity (Wildman–Crippen MR) is 102 cm³/mol. The highest BCUT2D eigenvalue weighted by atomic mass is 32.1. The maximum Gasteiger partial charge on any atom is 0.227 e. The van der Waals surface area contributed by atoms with E-state index in [0.29, 0.717) is 0 Å². The minimum Gasteiger partial charge on any atom is -0.492 e. The first kappa shape index (κ1) is 16.8. The molecule has 1 aliphatic rings. The van der Waals surface area contributed by atoms with Gasteiger partial charge in [-0.2, -0.15) is 4.98 Å². The molecule has 0 atom stereocenters. The normalized spacial score (nSPS) is 14.2. The first-order valence-corrected chi connectivity index (χ1v) is 9.52. The van der Waals surface area contributed by atoms with Gasteiger partial charge in [0.2, 0.25) is 5.88 Å². The maximum atomic E-state index is 10.00. The van der Waals surface area contributed by atoms with Crippen molar-refractivity contribution in [1.29, 1.82) is 0 Å². The number of nitrogens with zero attached hydrogens (tertiary/aromatic N) is 1. The van der Waals surface area contributed by atoms with Crippen LogP contribution in [0.1, 0.15) is 37.0 Å². The number of aromatic nitrogens is 1. The molecule has 0 fully saturated rings. The quantitative estimate of drug-likeness (QED) is 0.602. The Morgan fingerprint density at radius 1 is 1.04 bits per heavy atom. The molecule has 0 saturated heterocycles. The fourth-order valence-electron chi connectivity index (χ4n) is 2.92. The highest BCUT2D eigenvalue weighted by Crippen LogP contribution is 2.29. The van der Waals surface area contributed by atoms with Gasteiger partial charge in [0.05, 0.1) is 4.88 Å². The highest BCUT2D eigenvalue weighted by molar-refractivity contribution is 7.15. The van der Waals surface area contributed by atoms with Crippen LogP contribution in [0.3, 0.4) is 0 Å². The SMILES string of the molecule is Oc1nc(NCCC2=CCCCC2)sc1CCNc1ccccc1. The zero-order chi connectivity index (χ0) is 16.6. The molecule has 0 aliphatic heterocycles. The second kappa shape index (κ2) is 8.73. The molecule has 1 heterocycles. The van der Waals surface area contributed by atoms with Crippen LogP contribution in [0.2, 0.25) is 0 Å². The van der Waals surface area contributed by atoms with E-state index in [0.717, 1.165) is 41.6 Å². The predicted octanol–water partition coefficient (Wildman–Crippen LogP) is 4.81. The minimum atomic E-state index is 0.161. The van der Waals surface area contributed by atoms with Crippen LogP contribution in [0.25, 0.3) is 0 Å². The van der Waals surface area contributed by atoms with Gasteiger partial charge in [0.15, 0.2) is 5.13 Å². The molecule has 0 unspecified atom stereocenters. The average molecular weight is 343 g/mol. The summed E-state index contributed by atoms with van der Waals surface area (Å²) < 4.78 is 0. The molecule has 128 valence electrons. The number of thiazole rings is 1. The number of rotatable bonds is 8. The molecule has 3 N–H and O–H groups in total. The van der Waals surface area contributed by atoms with Crippen LogP contribution in [0.5, 0.6) is 5.88 Å². The highest BCUT2D eigenvalue weighted by Gasteiger charge is 2.10. The molecule has 24 heavy (non-hydrogen) atoms. The van der Waals surface area contributed by atoms with E-state index in [9.17, 15) is 5.11 Å². The van der Waals surface area contributed by atoms with Crippen molar-refractivity contribution in [3.05, 3.63) is 46.9 Å². The molecule has 2 aromatic rings. The van der Waals surface area contributed by atoms with Crippen LogP contribution in [-0.4, -0.2) is 23.2 Å². The van der Waals surface area contributed by atoms with Crippen LogP contribution in [0.4, 0.5) is 10.8 Å². The Kier molecular flexibility index (Phi) is 6.13. The largest absolute Gasteiger partial charge is 0.492 e. The number of hydrogen-bond donors (Lipinski definition) is 3. The number of allylic oxidation sites excluding steroid dienone is 1. The van der Waals surface area contributed by atoms with Crippen molar-refractivity contribution in [2.24, 2.45) is 0 Å². The Morgan fingerprint density at radius 2 is 1.88 bits per heavy atom. The van der Waals surface area contributed by atoms with Crippen LogP contribution in [0.15, 0.2) is 42.0 Å².